The van der Waals surface area contributed by atoms with Crippen LogP contribution in [0.1, 0.15) is 0 Å². The average Bonchev–Trinajstić information content (AvgIpc) is 0.918. The van der Waals surface area contributed by atoms with Gasteiger partial charge in [0.05, 0.1) is 0 Å². The van der Waals surface area contributed by atoms with Gasteiger partial charge in [0.25, 0.3) is 0 Å². The van der Waals surface area contributed by atoms with E-state index in [4.69, 9.17) is 9.90 Å². The molecule has 0 aliphatic rings. The van der Waals surface area contributed by atoms with Crippen molar-refractivity contribution in [2.45, 2.75) is 0 Å². The summed E-state index contributed by atoms with van der Waals surface area (Å²) in [6.07, 6.45) is 0. The summed E-state index contributed by atoms with van der Waals surface area (Å²) < 4.78 is 0. The Morgan fingerprint density at radius 2 is 1.60 bits per heavy atom. The minimum absolute atomic E-state index is 0. The number of hydrogen-bond donors (Lipinski definition) is 0. The Hall–Kier alpha value is 1.55. The third-order valence-electron chi connectivity index (χ3n) is 0. The maximum atomic E-state index is 8.25. The molecule has 0 aliphatic carbocycles. The van der Waals surface area contributed by atoms with Crippen LogP contribution in [0.5, 0.6) is 0 Å². The Kier molecular flexibility index (Phi) is 56.6. The van der Waals surface area contributed by atoms with Crippen LogP contribution in [-0.2, 0) is 21.6 Å². The molecule has 0 spiro atoms. The summed E-state index contributed by atoms with van der Waals surface area (Å²) in [4.78, 5) is 8.25. The summed E-state index contributed by atoms with van der Waals surface area (Å²) in [5.41, 5.74) is 0. The molecule has 0 saturated carbocycles. The first kappa shape index (κ1) is 16.0. The van der Waals surface area contributed by atoms with Gasteiger partial charge in [-0.3, -0.25) is 0 Å². The summed E-state index contributed by atoms with van der Waals surface area (Å²) in [5, 5.41) is 8.25. The summed E-state index contributed by atoms with van der Waals surface area (Å²) >= 11 is 0. The van der Waals surface area contributed by atoms with Crippen LogP contribution in [-0.4, -0.2) is 55.4 Å². The van der Waals surface area contributed by atoms with E-state index < -0.39 is 6.47 Å². The number of carboxylic acid groups (broad SMARTS) is 1. The summed E-state index contributed by atoms with van der Waals surface area (Å²) in [6, 6.07) is 0. The Labute approximate surface area is 80.6 Å². The molecule has 0 heterocycles. The molecule has 0 N–H and O–H groups in total. The maximum Gasteiger partial charge on any atom is 2.00 e. The molecule has 1 radical (unpaired) electrons. The zero-order valence-corrected chi connectivity index (χ0v) is 7.92. The molecule has 0 aromatic rings. The van der Waals surface area contributed by atoms with Gasteiger partial charge in [-0.2, -0.15) is 0 Å². The van der Waals surface area contributed by atoms with E-state index in [1.807, 2.05) is 0 Å². The Morgan fingerprint density at radius 3 is 1.60 bits per heavy atom. The summed E-state index contributed by atoms with van der Waals surface area (Å²) in [7, 11) is 0. The second kappa shape index (κ2) is 17.7. The molecule has 2 nitrogen and oxygen atoms in total. The van der Waals surface area contributed by atoms with E-state index >= 15 is 0 Å². The van der Waals surface area contributed by atoms with E-state index in [1.54, 1.807) is 0 Å². The van der Waals surface area contributed by atoms with Crippen LogP contribution >= 0.6 is 0 Å². The summed E-state index contributed by atoms with van der Waals surface area (Å²) in [6.45, 7) is -0.500. The van der Waals surface area contributed by atoms with E-state index in [0.29, 0.717) is 0 Å². The molecule has 0 aromatic carbocycles. The Morgan fingerprint density at radius 1 is 1.60 bits per heavy atom. The molecule has 0 unspecified atom stereocenters. The standard InChI is InChI=1S/CH2O2.Ba.Co/c2-1-3;;/h1H,(H,2,3);;/q;2*+2/p-1. The number of carbonyl (C=O) groups is 1. The van der Waals surface area contributed by atoms with Crippen molar-refractivity contribution in [3.05, 3.63) is 0 Å². The quantitative estimate of drug-likeness (QED) is 0.363. The van der Waals surface area contributed by atoms with E-state index in [0.717, 1.165) is 0 Å². The van der Waals surface area contributed by atoms with Crippen LogP contribution in [0.2, 0.25) is 0 Å². The monoisotopic (exact) mass is 242 g/mol. The van der Waals surface area contributed by atoms with Gasteiger partial charge < -0.3 is 9.90 Å². The molecular formula is CHBaCoO2+3. The molecule has 0 fully saturated rings. The molecule has 0 saturated heterocycles. The van der Waals surface area contributed by atoms with Gasteiger partial charge in [-0.25, -0.2) is 0 Å². The van der Waals surface area contributed by atoms with Crippen LogP contribution in [0.3, 0.4) is 0 Å². The van der Waals surface area contributed by atoms with E-state index in [2.05, 4.69) is 0 Å². The van der Waals surface area contributed by atoms with E-state index in [9.17, 15) is 0 Å². The van der Waals surface area contributed by atoms with E-state index in [1.165, 1.54) is 0 Å². The molecular weight excluding hydrogens is 240 g/mol. The predicted molar refractivity (Wildman–Crippen MR) is 11.8 cm³/mol. The fourth-order valence-corrected chi connectivity index (χ4v) is 0. The molecule has 0 rings (SSSR count). The van der Waals surface area contributed by atoms with Crippen molar-refractivity contribution in [3.8, 4) is 0 Å². The van der Waals surface area contributed by atoms with Crippen molar-refractivity contribution in [3.63, 3.8) is 0 Å². The minimum Gasteiger partial charge on any atom is -0.554 e. The normalized spacial score (nSPS) is 2.40. The van der Waals surface area contributed by atoms with Crippen LogP contribution in [0.4, 0.5) is 0 Å². The van der Waals surface area contributed by atoms with Crippen molar-refractivity contribution in [1.82, 2.24) is 0 Å². The van der Waals surface area contributed by atoms with Gasteiger partial charge in [0.15, 0.2) is 0 Å². The minimum atomic E-state index is -0.500. The van der Waals surface area contributed by atoms with Crippen LogP contribution in [0.15, 0.2) is 0 Å². The van der Waals surface area contributed by atoms with Crippen LogP contribution < -0.4 is 5.11 Å². The third kappa shape index (κ3) is 29.1. The predicted octanol–water partition coefficient (Wildman–Crippen LogP) is -2.02. The first-order valence-electron chi connectivity index (χ1n) is 0.471. The molecule has 0 aromatic heterocycles. The first-order valence-corrected chi connectivity index (χ1v) is 0.471. The zero-order chi connectivity index (χ0) is 2.71. The topological polar surface area (TPSA) is 40.1 Å². The summed E-state index contributed by atoms with van der Waals surface area (Å²) in [5.74, 6) is 0. The SMILES string of the molecule is O=C[O-].[Ba+2].[Co+2]. The first-order chi connectivity index (χ1) is 1.41. The van der Waals surface area contributed by atoms with E-state index in [-0.39, 0.29) is 65.7 Å². The molecule has 0 aliphatic heterocycles. The number of hydrogen-bond acceptors (Lipinski definition) is 2. The smallest absolute Gasteiger partial charge is 0.554 e. The van der Waals surface area contributed by atoms with Gasteiger partial charge in [0.1, 0.15) is 0 Å². The maximum absolute atomic E-state index is 8.25. The fourth-order valence-electron chi connectivity index (χ4n) is 0. The number of carbonyl (C=O) groups excluding carboxylic acids is 1. The van der Waals surface area contributed by atoms with Crippen molar-refractivity contribution in [2.24, 2.45) is 0 Å². The zero-order valence-electron chi connectivity index (χ0n) is 2.43. The van der Waals surface area contributed by atoms with Gasteiger partial charge in [-0.05, 0) is 0 Å². The van der Waals surface area contributed by atoms with Crippen LogP contribution in [0.25, 0.3) is 0 Å². The molecule has 5 heavy (non-hydrogen) atoms. The Balaban J connectivity index is -0.0000000200. The average molecular weight is 241 g/mol. The van der Waals surface area contributed by atoms with Gasteiger partial charge in [0.2, 0.25) is 0 Å². The van der Waals surface area contributed by atoms with Crippen molar-refractivity contribution >= 4 is 55.4 Å². The largest absolute Gasteiger partial charge is 2.00 e. The second-order valence-corrected chi connectivity index (χ2v) is 0.0962. The second-order valence-electron chi connectivity index (χ2n) is 0.0962. The van der Waals surface area contributed by atoms with Gasteiger partial charge in [-0.15, -0.1) is 0 Å². The molecule has 0 atom stereocenters. The molecule has 0 bridgehead atoms. The van der Waals surface area contributed by atoms with Crippen molar-refractivity contribution in [2.75, 3.05) is 0 Å². The molecule has 25 valence electrons. The molecule has 0 amide bonds. The van der Waals surface area contributed by atoms with Gasteiger partial charge >= 0.3 is 65.7 Å². The van der Waals surface area contributed by atoms with Crippen molar-refractivity contribution < 1.29 is 26.7 Å². The molecule has 4 heteroatoms. The van der Waals surface area contributed by atoms with Gasteiger partial charge in [0, 0.05) is 6.47 Å². The Bertz CT molecular complexity index is 17.1. The fraction of sp³-hybridized carbons (Fsp3) is 0. The van der Waals surface area contributed by atoms with Gasteiger partial charge in [-0.1, -0.05) is 0 Å². The van der Waals surface area contributed by atoms with Crippen molar-refractivity contribution in [1.29, 1.82) is 0 Å². The number of rotatable bonds is 0. The van der Waals surface area contributed by atoms with Crippen LogP contribution in [0, 0.1) is 0 Å². The third-order valence-corrected chi connectivity index (χ3v) is 0.